The van der Waals surface area contributed by atoms with Crippen molar-refractivity contribution < 1.29 is 24.5 Å². The minimum absolute atomic E-state index is 0.0183. The van der Waals surface area contributed by atoms with Gasteiger partial charge in [0.1, 0.15) is 0 Å². The summed E-state index contributed by atoms with van der Waals surface area (Å²) in [5.74, 6) is -0.0145. The lowest BCUT2D eigenvalue weighted by Gasteiger charge is -2.22. The molecule has 2 atom stereocenters. The van der Waals surface area contributed by atoms with Crippen molar-refractivity contribution in [1.29, 1.82) is 0 Å². The normalized spacial score (nSPS) is 12.5. The van der Waals surface area contributed by atoms with Crippen LogP contribution in [0.5, 0.6) is 0 Å². The lowest BCUT2D eigenvalue weighted by Crippen LogP contribution is -2.45. The van der Waals surface area contributed by atoms with Crippen LogP contribution in [0.15, 0.2) is 0 Å². The molecule has 0 aromatic rings. The number of aliphatic hydroxyl groups excluding tert-OH is 2. The quantitative estimate of drug-likeness (QED) is 0.0417. The van der Waals surface area contributed by atoms with Gasteiger partial charge in [0.2, 0.25) is 5.91 Å². The first kappa shape index (κ1) is 67.9. The van der Waals surface area contributed by atoms with E-state index in [9.17, 15) is 19.8 Å². The van der Waals surface area contributed by atoms with Gasteiger partial charge in [0, 0.05) is 12.8 Å². The second kappa shape index (κ2) is 59.4. The fourth-order valence-electron chi connectivity index (χ4n) is 10.3. The Morgan fingerprint density at radius 2 is 0.594 bits per heavy atom. The first-order chi connectivity index (χ1) is 34.0. The molecule has 0 saturated heterocycles. The average Bonchev–Trinajstić information content (AvgIpc) is 3.35. The average molecular weight is 977 g/mol. The minimum atomic E-state index is -0.662. The molecule has 0 aliphatic rings. The van der Waals surface area contributed by atoms with E-state index in [1.54, 1.807) is 0 Å². The second-order valence-electron chi connectivity index (χ2n) is 22.1. The molecule has 0 bridgehead atoms. The molecule has 0 heterocycles. The Labute approximate surface area is 432 Å². The first-order valence-corrected chi connectivity index (χ1v) is 31.8. The summed E-state index contributed by atoms with van der Waals surface area (Å²) in [6.07, 6.45) is 69.8. The van der Waals surface area contributed by atoms with Gasteiger partial charge in [-0.15, -0.1) is 0 Å². The summed E-state index contributed by atoms with van der Waals surface area (Å²) < 4.78 is 5.50. The van der Waals surface area contributed by atoms with Crippen LogP contribution in [0, 0.1) is 0 Å². The number of ether oxygens (including phenoxy) is 1. The molecule has 0 rings (SSSR count). The molecule has 0 spiro atoms. The third-order valence-corrected chi connectivity index (χ3v) is 15.2. The summed E-state index contributed by atoms with van der Waals surface area (Å²) in [6, 6.07) is -0.539. The number of carbonyl (C=O) groups excluding carboxylic acids is 2. The highest BCUT2D eigenvalue weighted by molar-refractivity contribution is 5.76. The molecule has 0 saturated carbocycles. The zero-order chi connectivity index (χ0) is 50.0. The van der Waals surface area contributed by atoms with Crippen molar-refractivity contribution in [2.75, 3.05) is 13.2 Å². The number of amides is 1. The Hall–Kier alpha value is -1.14. The third-order valence-electron chi connectivity index (χ3n) is 15.2. The van der Waals surface area contributed by atoms with E-state index >= 15 is 0 Å². The van der Waals surface area contributed by atoms with Gasteiger partial charge in [-0.3, -0.25) is 9.59 Å². The molecule has 0 aromatic carbocycles. The Bertz CT molecular complexity index is 990. The highest BCUT2D eigenvalue weighted by atomic mass is 16.5. The topological polar surface area (TPSA) is 95.9 Å². The maximum Gasteiger partial charge on any atom is 0.305 e. The Morgan fingerprint density at radius 1 is 0.348 bits per heavy atom. The Balaban J connectivity index is 3.34. The molecule has 0 fully saturated rings. The molecule has 2 unspecified atom stereocenters. The molecule has 0 aliphatic heterocycles. The number of aliphatic hydroxyl groups is 2. The molecule has 69 heavy (non-hydrogen) atoms. The van der Waals surface area contributed by atoms with E-state index in [1.807, 2.05) is 0 Å². The molecule has 0 aromatic heterocycles. The summed E-state index contributed by atoms with van der Waals surface area (Å²) in [5.41, 5.74) is 0. The second-order valence-corrected chi connectivity index (χ2v) is 22.1. The van der Waals surface area contributed by atoms with Crippen LogP contribution in [0.2, 0.25) is 0 Å². The van der Waals surface area contributed by atoms with E-state index in [4.69, 9.17) is 4.74 Å². The van der Waals surface area contributed by atoms with Crippen molar-refractivity contribution in [3.63, 3.8) is 0 Å². The van der Waals surface area contributed by atoms with Gasteiger partial charge >= 0.3 is 5.97 Å². The van der Waals surface area contributed by atoms with Crippen molar-refractivity contribution in [2.24, 2.45) is 0 Å². The van der Waals surface area contributed by atoms with Gasteiger partial charge in [-0.2, -0.15) is 0 Å². The Morgan fingerprint density at radius 3 is 0.884 bits per heavy atom. The Kier molecular flexibility index (Phi) is 58.4. The van der Waals surface area contributed by atoms with Crippen LogP contribution in [-0.2, 0) is 14.3 Å². The molecule has 6 nitrogen and oxygen atoms in total. The van der Waals surface area contributed by atoms with Gasteiger partial charge in [0.25, 0.3) is 0 Å². The fourth-order valence-corrected chi connectivity index (χ4v) is 10.3. The van der Waals surface area contributed by atoms with Crippen molar-refractivity contribution >= 4 is 11.9 Å². The number of esters is 1. The van der Waals surface area contributed by atoms with Gasteiger partial charge in [0.15, 0.2) is 0 Å². The van der Waals surface area contributed by atoms with Crippen molar-refractivity contribution in [2.45, 2.75) is 379 Å². The molecule has 6 heteroatoms. The van der Waals surface area contributed by atoms with Crippen LogP contribution in [-0.4, -0.2) is 47.4 Å². The van der Waals surface area contributed by atoms with Gasteiger partial charge < -0.3 is 20.3 Å². The highest BCUT2D eigenvalue weighted by Gasteiger charge is 2.20. The van der Waals surface area contributed by atoms with Crippen molar-refractivity contribution in [3.8, 4) is 0 Å². The zero-order valence-electron chi connectivity index (χ0n) is 47.1. The lowest BCUT2D eigenvalue weighted by atomic mass is 10.0. The van der Waals surface area contributed by atoms with Crippen LogP contribution < -0.4 is 5.32 Å². The van der Waals surface area contributed by atoms with Gasteiger partial charge in [-0.1, -0.05) is 328 Å². The number of nitrogens with one attached hydrogen (secondary N) is 1. The predicted octanol–water partition coefficient (Wildman–Crippen LogP) is 19.9. The number of hydrogen-bond acceptors (Lipinski definition) is 5. The summed E-state index contributed by atoms with van der Waals surface area (Å²) >= 11 is 0. The maximum atomic E-state index is 12.5. The first-order valence-electron chi connectivity index (χ1n) is 31.8. The molecule has 1 amide bonds. The highest BCUT2D eigenvalue weighted by Crippen LogP contribution is 2.19. The third kappa shape index (κ3) is 56.0. The van der Waals surface area contributed by atoms with E-state index in [1.165, 1.54) is 295 Å². The smallest absolute Gasteiger partial charge is 0.305 e. The van der Waals surface area contributed by atoms with E-state index in [2.05, 4.69) is 19.2 Å². The van der Waals surface area contributed by atoms with E-state index in [0.717, 1.165) is 38.5 Å². The van der Waals surface area contributed by atoms with Gasteiger partial charge in [0.05, 0.1) is 25.4 Å². The predicted molar refractivity (Wildman–Crippen MR) is 301 cm³/mol. The molecule has 3 N–H and O–H groups in total. The van der Waals surface area contributed by atoms with Gasteiger partial charge in [-0.25, -0.2) is 0 Å². The number of rotatable bonds is 60. The number of unbranched alkanes of at least 4 members (excludes halogenated alkanes) is 49. The molecule has 0 radical (unpaired) electrons. The number of carbonyl (C=O) groups is 2. The summed E-state index contributed by atoms with van der Waals surface area (Å²) in [5, 5.41) is 23.3. The summed E-state index contributed by atoms with van der Waals surface area (Å²) in [7, 11) is 0. The fraction of sp³-hybridized carbons (Fsp3) is 0.968. The van der Waals surface area contributed by atoms with Crippen molar-refractivity contribution in [1.82, 2.24) is 5.32 Å². The van der Waals surface area contributed by atoms with Gasteiger partial charge in [-0.05, 0) is 25.7 Å². The molecule has 412 valence electrons. The SMILES string of the molecule is CCCCCCCCCCCCCCCCCCCC(=O)OCCCCCCCCCCCCCCCCCCCCCCCCC(=O)NC(CO)C(O)CCCCCCCCCCCCCCC. The van der Waals surface area contributed by atoms with Crippen LogP contribution >= 0.6 is 0 Å². The molecule has 0 aliphatic carbocycles. The van der Waals surface area contributed by atoms with E-state index < -0.39 is 12.1 Å². The van der Waals surface area contributed by atoms with Crippen LogP contribution in [0.4, 0.5) is 0 Å². The standard InChI is InChI=1S/C63H125NO5/c1-3-5-7-9-11-13-15-17-18-25-29-33-37-41-45-49-53-57-63(68)69-58-54-50-46-42-38-34-30-27-24-22-20-19-21-23-26-28-32-36-40-44-48-52-56-62(67)64-60(59-65)61(66)55-51-47-43-39-35-31-16-14-12-10-8-6-4-2/h60-61,65-66H,3-59H2,1-2H3,(H,64,67). The lowest BCUT2D eigenvalue weighted by molar-refractivity contribution is -0.143. The molecular formula is C63H125NO5. The number of hydrogen-bond donors (Lipinski definition) is 3. The minimum Gasteiger partial charge on any atom is -0.466 e. The summed E-state index contributed by atoms with van der Waals surface area (Å²) in [6.45, 7) is 4.98. The van der Waals surface area contributed by atoms with Crippen LogP contribution in [0.3, 0.4) is 0 Å². The molecular weight excluding hydrogens is 851 g/mol. The maximum absolute atomic E-state index is 12.5. The van der Waals surface area contributed by atoms with Crippen molar-refractivity contribution in [3.05, 3.63) is 0 Å². The largest absolute Gasteiger partial charge is 0.466 e. The van der Waals surface area contributed by atoms with Crippen LogP contribution in [0.25, 0.3) is 0 Å². The zero-order valence-corrected chi connectivity index (χ0v) is 47.1. The van der Waals surface area contributed by atoms with E-state index in [-0.39, 0.29) is 18.5 Å². The van der Waals surface area contributed by atoms with Crippen LogP contribution in [0.1, 0.15) is 367 Å². The monoisotopic (exact) mass is 976 g/mol. The summed E-state index contributed by atoms with van der Waals surface area (Å²) in [4.78, 5) is 24.6. The van der Waals surface area contributed by atoms with E-state index in [0.29, 0.717) is 25.9 Å².